The Morgan fingerprint density at radius 2 is 1.74 bits per heavy atom. The van der Waals surface area contributed by atoms with Gasteiger partial charge in [-0.3, -0.25) is 9.59 Å². The molecule has 6 heteroatoms. The Balaban J connectivity index is 2.31. The zero-order valence-electron chi connectivity index (χ0n) is 13.5. The van der Waals surface area contributed by atoms with E-state index in [9.17, 15) is 19.5 Å². The lowest BCUT2D eigenvalue weighted by molar-refractivity contribution is -0.151. The first-order valence-corrected chi connectivity index (χ1v) is 7.76. The molecule has 23 heavy (non-hydrogen) atoms. The van der Waals surface area contributed by atoms with Gasteiger partial charge in [-0.15, -0.1) is 0 Å². The molecule has 0 aromatic heterocycles. The summed E-state index contributed by atoms with van der Waals surface area (Å²) in [5.41, 5.74) is -0.460. The maximum Gasteiger partial charge on any atom is 0.329 e. The highest BCUT2D eigenvalue weighted by atomic mass is 16.4. The van der Waals surface area contributed by atoms with Crippen molar-refractivity contribution < 1.29 is 19.5 Å². The second-order valence-corrected chi connectivity index (χ2v) is 5.92. The number of carbonyl (C=O) groups excluding carboxylic acids is 2. The van der Waals surface area contributed by atoms with E-state index < -0.39 is 11.5 Å². The SMILES string of the molecule is CNC(=O)c1cccc(C(=O)N(C)C2(C(=O)O)CCCCC2)c1. The molecule has 0 atom stereocenters. The molecule has 2 N–H and O–H groups in total. The molecular weight excluding hydrogens is 296 g/mol. The van der Waals surface area contributed by atoms with Gasteiger partial charge in [-0.25, -0.2) is 4.79 Å². The average molecular weight is 318 g/mol. The van der Waals surface area contributed by atoms with Gasteiger partial charge in [0.25, 0.3) is 11.8 Å². The smallest absolute Gasteiger partial charge is 0.329 e. The number of likely N-dealkylation sites (N-methyl/N-ethyl adjacent to an activating group) is 1. The highest BCUT2D eigenvalue weighted by Gasteiger charge is 2.45. The topological polar surface area (TPSA) is 86.7 Å². The fourth-order valence-electron chi connectivity index (χ4n) is 3.16. The molecule has 124 valence electrons. The second kappa shape index (κ2) is 6.81. The van der Waals surface area contributed by atoms with Crippen LogP contribution in [0.2, 0.25) is 0 Å². The van der Waals surface area contributed by atoms with Crippen LogP contribution in [0.15, 0.2) is 24.3 Å². The Kier molecular flexibility index (Phi) is 5.03. The van der Waals surface area contributed by atoms with Gasteiger partial charge < -0.3 is 15.3 Å². The number of aliphatic carboxylic acids is 1. The van der Waals surface area contributed by atoms with E-state index >= 15 is 0 Å². The first kappa shape index (κ1) is 17.0. The molecule has 0 aliphatic heterocycles. The lowest BCUT2D eigenvalue weighted by atomic mass is 9.80. The van der Waals surface area contributed by atoms with Crippen LogP contribution in [0.25, 0.3) is 0 Å². The molecule has 1 aliphatic rings. The lowest BCUT2D eigenvalue weighted by Gasteiger charge is -2.41. The highest BCUT2D eigenvalue weighted by molar-refractivity contribution is 6.01. The molecule has 1 aromatic rings. The van der Waals surface area contributed by atoms with E-state index in [0.29, 0.717) is 24.0 Å². The summed E-state index contributed by atoms with van der Waals surface area (Å²) in [4.78, 5) is 37.6. The van der Waals surface area contributed by atoms with Crippen molar-refractivity contribution in [3.8, 4) is 0 Å². The average Bonchev–Trinajstić information content (AvgIpc) is 2.60. The van der Waals surface area contributed by atoms with Crippen LogP contribution in [-0.2, 0) is 4.79 Å². The third kappa shape index (κ3) is 3.21. The van der Waals surface area contributed by atoms with Gasteiger partial charge in [0.15, 0.2) is 0 Å². The Bertz CT molecular complexity index is 621. The predicted molar refractivity (Wildman–Crippen MR) is 85.4 cm³/mol. The van der Waals surface area contributed by atoms with Gasteiger partial charge in [0.05, 0.1) is 0 Å². The van der Waals surface area contributed by atoms with Crippen LogP contribution >= 0.6 is 0 Å². The van der Waals surface area contributed by atoms with Gasteiger partial charge in [0.2, 0.25) is 0 Å². The number of hydrogen-bond acceptors (Lipinski definition) is 3. The number of hydrogen-bond donors (Lipinski definition) is 2. The van der Waals surface area contributed by atoms with E-state index in [0.717, 1.165) is 19.3 Å². The van der Waals surface area contributed by atoms with Gasteiger partial charge in [0.1, 0.15) is 5.54 Å². The quantitative estimate of drug-likeness (QED) is 0.888. The maximum absolute atomic E-state index is 12.7. The Hall–Kier alpha value is -2.37. The van der Waals surface area contributed by atoms with Crippen LogP contribution in [-0.4, -0.2) is 47.4 Å². The summed E-state index contributed by atoms with van der Waals surface area (Å²) < 4.78 is 0. The summed E-state index contributed by atoms with van der Waals surface area (Å²) in [6.45, 7) is 0. The molecule has 2 amide bonds. The maximum atomic E-state index is 12.7. The van der Waals surface area contributed by atoms with Crippen molar-refractivity contribution in [2.24, 2.45) is 0 Å². The largest absolute Gasteiger partial charge is 0.479 e. The zero-order valence-corrected chi connectivity index (χ0v) is 13.5. The van der Waals surface area contributed by atoms with Crippen molar-refractivity contribution in [2.75, 3.05) is 14.1 Å². The minimum absolute atomic E-state index is 0.284. The predicted octanol–water partition coefficient (Wildman–Crippen LogP) is 1.91. The number of carbonyl (C=O) groups is 3. The van der Waals surface area contributed by atoms with Crippen LogP contribution in [0.3, 0.4) is 0 Å². The highest BCUT2D eigenvalue weighted by Crippen LogP contribution is 2.34. The summed E-state index contributed by atoms with van der Waals surface area (Å²) >= 11 is 0. The minimum Gasteiger partial charge on any atom is -0.479 e. The molecule has 0 heterocycles. The third-order valence-electron chi connectivity index (χ3n) is 4.62. The third-order valence-corrected chi connectivity index (χ3v) is 4.62. The number of rotatable bonds is 4. The second-order valence-electron chi connectivity index (χ2n) is 5.92. The van der Waals surface area contributed by atoms with Gasteiger partial charge >= 0.3 is 5.97 Å². The molecule has 0 unspecified atom stereocenters. The Morgan fingerprint density at radius 1 is 1.13 bits per heavy atom. The first-order chi connectivity index (χ1) is 10.9. The Labute approximate surface area is 135 Å². The summed E-state index contributed by atoms with van der Waals surface area (Å²) in [5, 5.41) is 12.2. The number of nitrogens with one attached hydrogen (secondary N) is 1. The fraction of sp³-hybridized carbons (Fsp3) is 0.471. The van der Waals surface area contributed by atoms with Crippen LogP contribution in [0, 0.1) is 0 Å². The summed E-state index contributed by atoms with van der Waals surface area (Å²) in [7, 11) is 3.05. The zero-order chi connectivity index (χ0) is 17.0. The van der Waals surface area contributed by atoms with Crippen molar-refractivity contribution in [3.05, 3.63) is 35.4 Å². The van der Waals surface area contributed by atoms with Crippen molar-refractivity contribution in [1.82, 2.24) is 10.2 Å². The van der Waals surface area contributed by atoms with Gasteiger partial charge in [-0.1, -0.05) is 25.3 Å². The normalized spacial score (nSPS) is 16.4. The monoisotopic (exact) mass is 318 g/mol. The van der Waals surface area contributed by atoms with Crippen molar-refractivity contribution in [2.45, 2.75) is 37.6 Å². The summed E-state index contributed by atoms with van der Waals surface area (Å²) in [6, 6.07) is 6.34. The van der Waals surface area contributed by atoms with E-state index in [1.54, 1.807) is 18.2 Å². The van der Waals surface area contributed by atoms with Crippen LogP contribution in [0.1, 0.15) is 52.8 Å². The summed E-state index contributed by atoms with van der Waals surface area (Å²) in [6.07, 6.45) is 3.49. The molecule has 1 aliphatic carbocycles. The van der Waals surface area contributed by atoms with Crippen molar-refractivity contribution in [3.63, 3.8) is 0 Å². The number of benzene rings is 1. The lowest BCUT2D eigenvalue weighted by Crippen LogP contribution is -2.56. The van der Waals surface area contributed by atoms with E-state index in [4.69, 9.17) is 0 Å². The van der Waals surface area contributed by atoms with E-state index in [-0.39, 0.29) is 11.8 Å². The van der Waals surface area contributed by atoms with E-state index in [1.165, 1.54) is 25.1 Å². The molecule has 1 saturated carbocycles. The summed E-state index contributed by atoms with van der Waals surface area (Å²) in [5.74, 6) is -1.62. The van der Waals surface area contributed by atoms with E-state index in [2.05, 4.69) is 5.32 Å². The van der Waals surface area contributed by atoms with E-state index in [1.807, 2.05) is 0 Å². The molecule has 1 fully saturated rings. The van der Waals surface area contributed by atoms with Crippen LogP contribution < -0.4 is 5.32 Å². The van der Waals surface area contributed by atoms with Crippen LogP contribution in [0.4, 0.5) is 0 Å². The molecule has 1 aromatic carbocycles. The number of amides is 2. The van der Waals surface area contributed by atoms with Gasteiger partial charge in [-0.05, 0) is 31.0 Å². The van der Waals surface area contributed by atoms with Crippen molar-refractivity contribution in [1.29, 1.82) is 0 Å². The molecular formula is C17H22N2O4. The molecule has 2 rings (SSSR count). The standard InChI is InChI=1S/C17H22N2O4/c1-18-14(20)12-7-6-8-13(11-12)15(21)19(2)17(16(22)23)9-4-3-5-10-17/h6-8,11H,3-5,9-10H2,1-2H3,(H,18,20)(H,22,23). The number of carboxylic acid groups (broad SMARTS) is 1. The molecule has 0 saturated heterocycles. The number of carboxylic acids is 1. The fourth-order valence-corrected chi connectivity index (χ4v) is 3.16. The number of nitrogens with zero attached hydrogens (tertiary/aromatic N) is 1. The Morgan fingerprint density at radius 3 is 2.30 bits per heavy atom. The first-order valence-electron chi connectivity index (χ1n) is 7.76. The van der Waals surface area contributed by atoms with Gasteiger partial charge in [0, 0.05) is 25.2 Å². The molecule has 0 bridgehead atoms. The molecule has 0 radical (unpaired) electrons. The van der Waals surface area contributed by atoms with Crippen molar-refractivity contribution >= 4 is 17.8 Å². The van der Waals surface area contributed by atoms with Crippen LogP contribution in [0.5, 0.6) is 0 Å². The minimum atomic E-state index is -1.15. The molecule has 0 spiro atoms. The molecule has 6 nitrogen and oxygen atoms in total. The van der Waals surface area contributed by atoms with Gasteiger partial charge in [-0.2, -0.15) is 0 Å².